The summed E-state index contributed by atoms with van der Waals surface area (Å²) in [4.78, 5) is 12.4. The average molecular weight is 692 g/mol. The number of aliphatic hydroxyl groups excluding tert-OH is 12. The molecule has 4 aliphatic rings. The monoisotopic (exact) mass is 691 g/mol. The predicted molar refractivity (Wildman–Crippen MR) is 144 cm³/mol. The van der Waals surface area contributed by atoms with Gasteiger partial charge in [0.25, 0.3) is 0 Å². The Hall–Kier alpha value is -1.29. The maximum Gasteiger partial charge on any atom is 0.217 e. The van der Waals surface area contributed by atoms with Crippen LogP contribution in [-0.4, -0.2) is 210 Å². The van der Waals surface area contributed by atoms with Gasteiger partial charge >= 0.3 is 0 Å². The van der Waals surface area contributed by atoms with Crippen molar-refractivity contribution in [2.24, 2.45) is 0 Å². The minimum absolute atomic E-state index is 0.661. The molecule has 21 heteroatoms. The fraction of sp³-hybridized carbons (Fsp3) is 0.962. The standard InChI is InChI=1S/C26H45NO20/c1-6-12(31)15(34)19(38)25(42-6)46-21-9(4-29)45-24(41-5-10-14(33)16(35)18(37)23(40)43-10)11(27-7(2)30)22(21)47-26-20(39)17(36)13(32)8(3-28)44-26/h6,8-26,28-29,31-40H,3-5H2,1-2H3,(H,27,30)/t6-,8+,9+,10+,11+,12+,13-,14-,15+,16+,17-,18+,19-,20+,21+,22+,23?,24+,25-,26-/m0/s1. The molecule has 0 radical (unpaired) electrons. The Bertz CT molecular complexity index is 1010. The van der Waals surface area contributed by atoms with Crippen LogP contribution >= 0.6 is 0 Å². The van der Waals surface area contributed by atoms with Crippen molar-refractivity contribution in [1.29, 1.82) is 0 Å². The predicted octanol–water partition coefficient (Wildman–Crippen LogP) is -8.58. The summed E-state index contributed by atoms with van der Waals surface area (Å²) in [5, 5.41) is 125. The van der Waals surface area contributed by atoms with E-state index in [4.69, 9.17) is 33.2 Å². The number of ether oxygens (including phenoxy) is 7. The van der Waals surface area contributed by atoms with E-state index in [9.17, 15) is 66.1 Å². The molecule has 1 unspecified atom stereocenters. The molecule has 47 heavy (non-hydrogen) atoms. The molecule has 0 aromatic carbocycles. The zero-order valence-electron chi connectivity index (χ0n) is 25.3. The minimum atomic E-state index is -1.96. The lowest BCUT2D eigenvalue weighted by Crippen LogP contribution is -2.70. The molecule has 0 aromatic heterocycles. The van der Waals surface area contributed by atoms with Crippen molar-refractivity contribution < 1.29 is 99.2 Å². The van der Waals surface area contributed by atoms with Crippen LogP contribution in [0.4, 0.5) is 0 Å². The third kappa shape index (κ3) is 8.20. The van der Waals surface area contributed by atoms with Gasteiger partial charge in [-0.3, -0.25) is 4.79 Å². The number of aliphatic hydroxyl groups is 12. The normalized spacial score (nSPS) is 51.0. The van der Waals surface area contributed by atoms with E-state index < -0.39 is 148 Å². The van der Waals surface area contributed by atoms with Gasteiger partial charge in [0, 0.05) is 6.92 Å². The minimum Gasteiger partial charge on any atom is -0.394 e. The number of amides is 1. The van der Waals surface area contributed by atoms with E-state index in [1.165, 1.54) is 6.92 Å². The average Bonchev–Trinajstić information content (AvgIpc) is 3.04. The fourth-order valence-corrected chi connectivity index (χ4v) is 5.78. The molecule has 274 valence electrons. The Morgan fingerprint density at radius 3 is 1.70 bits per heavy atom. The molecule has 0 bridgehead atoms. The van der Waals surface area contributed by atoms with Crippen LogP contribution in [0.25, 0.3) is 0 Å². The molecule has 4 rings (SSSR count). The van der Waals surface area contributed by atoms with E-state index in [1.54, 1.807) is 0 Å². The van der Waals surface area contributed by atoms with Crippen molar-refractivity contribution in [2.45, 2.75) is 137 Å². The van der Waals surface area contributed by atoms with E-state index in [-0.39, 0.29) is 0 Å². The molecular weight excluding hydrogens is 646 g/mol. The van der Waals surface area contributed by atoms with Gasteiger partial charge in [0.05, 0.1) is 25.9 Å². The summed E-state index contributed by atoms with van der Waals surface area (Å²) in [6.07, 6.45) is -32.0. The van der Waals surface area contributed by atoms with E-state index in [1.807, 2.05) is 0 Å². The highest BCUT2D eigenvalue weighted by Gasteiger charge is 2.55. The van der Waals surface area contributed by atoms with E-state index in [0.717, 1.165) is 6.92 Å². The highest BCUT2D eigenvalue weighted by Crippen LogP contribution is 2.34. The Morgan fingerprint density at radius 2 is 1.11 bits per heavy atom. The van der Waals surface area contributed by atoms with E-state index >= 15 is 0 Å². The SMILES string of the molecule is CC(=O)N[C@H]1[C@H](OC[C@H]2OC(O)[C@H](O)[C@H](O)[C@H]2O)O[C@H](CO)[C@@H](O[C@@H]2O[C@@H](C)[C@@H](O)[C@@H](O)[C@@H]2O)[C@@H]1O[C@@H]1O[C@H](CO)[C@H](O)[C@H](O)[C@H]1O. The molecule has 0 spiro atoms. The van der Waals surface area contributed by atoms with Gasteiger partial charge in [-0.25, -0.2) is 0 Å². The summed E-state index contributed by atoms with van der Waals surface area (Å²) in [7, 11) is 0. The summed E-state index contributed by atoms with van der Waals surface area (Å²) < 4.78 is 39.6. The van der Waals surface area contributed by atoms with Gasteiger partial charge in [0.15, 0.2) is 25.2 Å². The highest BCUT2D eigenvalue weighted by atomic mass is 16.8. The molecule has 4 heterocycles. The molecule has 13 N–H and O–H groups in total. The topological polar surface area (TPSA) is 336 Å². The van der Waals surface area contributed by atoms with E-state index in [0.29, 0.717) is 0 Å². The van der Waals surface area contributed by atoms with Crippen LogP contribution in [0.1, 0.15) is 13.8 Å². The van der Waals surface area contributed by atoms with Gasteiger partial charge in [-0.2, -0.15) is 0 Å². The van der Waals surface area contributed by atoms with Gasteiger partial charge in [0.1, 0.15) is 91.5 Å². The number of carbonyl (C=O) groups is 1. The molecule has 0 aromatic rings. The van der Waals surface area contributed by atoms with E-state index in [2.05, 4.69) is 5.32 Å². The molecule has 1 amide bonds. The second-order valence-electron chi connectivity index (χ2n) is 11.9. The van der Waals surface area contributed by atoms with Gasteiger partial charge < -0.3 is 99.8 Å². The zero-order chi connectivity index (χ0) is 34.9. The van der Waals surface area contributed by atoms with Crippen molar-refractivity contribution in [3.05, 3.63) is 0 Å². The van der Waals surface area contributed by atoms with Crippen LogP contribution in [-0.2, 0) is 38.0 Å². The summed E-state index contributed by atoms with van der Waals surface area (Å²) in [5.74, 6) is -0.722. The van der Waals surface area contributed by atoms with Gasteiger partial charge in [-0.15, -0.1) is 0 Å². The summed E-state index contributed by atoms with van der Waals surface area (Å²) in [6.45, 7) is 0.102. The molecule has 20 atom stereocenters. The number of carbonyl (C=O) groups excluding carboxylic acids is 1. The second-order valence-corrected chi connectivity index (χ2v) is 11.9. The Balaban J connectivity index is 1.67. The Kier molecular flexibility index (Phi) is 13.2. The lowest BCUT2D eigenvalue weighted by molar-refractivity contribution is -0.375. The molecule has 4 saturated heterocycles. The smallest absolute Gasteiger partial charge is 0.217 e. The van der Waals surface area contributed by atoms with Crippen molar-refractivity contribution >= 4 is 5.91 Å². The quantitative estimate of drug-likeness (QED) is 0.101. The Labute approximate surface area is 267 Å². The van der Waals surface area contributed by atoms with Crippen molar-refractivity contribution in [2.75, 3.05) is 19.8 Å². The maximum absolute atomic E-state index is 12.4. The van der Waals surface area contributed by atoms with Crippen LogP contribution in [0.2, 0.25) is 0 Å². The second kappa shape index (κ2) is 16.2. The van der Waals surface area contributed by atoms with Crippen LogP contribution in [0.5, 0.6) is 0 Å². The first kappa shape index (κ1) is 38.5. The first-order chi connectivity index (χ1) is 22.1. The third-order valence-electron chi connectivity index (χ3n) is 8.55. The molecule has 4 fully saturated rings. The molecule has 0 saturated carbocycles. The third-order valence-corrected chi connectivity index (χ3v) is 8.55. The molecule has 0 aliphatic carbocycles. The summed E-state index contributed by atoms with van der Waals surface area (Å²) >= 11 is 0. The van der Waals surface area contributed by atoms with Crippen molar-refractivity contribution in [3.8, 4) is 0 Å². The van der Waals surface area contributed by atoms with Crippen molar-refractivity contribution in [1.82, 2.24) is 5.32 Å². The molecule has 21 nitrogen and oxygen atoms in total. The molecule has 4 aliphatic heterocycles. The van der Waals surface area contributed by atoms with Crippen LogP contribution in [0.3, 0.4) is 0 Å². The maximum atomic E-state index is 12.4. The first-order valence-electron chi connectivity index (χ1n) is 14.9. The fourth-order valence-electron chi connectivity index (χ4n) is 5.78. The number of nitrogens with one attached hydrogen (secondary N) is 1. The largest absolute Gasteiger partial charge is 0.394 e. The van der Waals surface area contributed by atoms with Gasteiger partial charge in [-0.05, 0) is 6.92 Å². The van der Waals surface area contributed by atoms with Crippen LogP contribution in [0.15, 0.2) is 0 Å². The Morgan fingerprint density at radius 1 is 0.596 bits per heavy atom. The summed E-state index contributed by atoms with van der Waals surface area (Å²) in [6, 6.07) is -1.51. The zero-order valence-corrected chi connectivity index (χ0v) is 25.3. The lowest BCUT2D eigenvalue weighted by Gasteiger charge is -2.50. The molecular formula is C26H45NO20. The van der Waals surface area contributed by atoms with Gasteiger partial charge in [0.2, 0.25) is 5.91 Å². The number of rotatable bonds is 10. The van der Waals surface area contributed by atoms with Crippen LogP contribution in [0, 0.1) is 0 Å². The number of hydrogen-bond acceptors (Lipinski definition) is 20. The first-order valence-corrected chi connectivity index (χ1v) is 14.9. The van der Waals surface area contributed by atoms with Crippen LogP contribution < -0.4 is 5.32 Å². The number of hydrogen-bond donors (Lipinski definition) is 13. The van der Waals surface area contributed by atoms with Gasteiger partial charge in [-0.1, -0.05) is 0 Å². The van der Waals surface area contributed by atoms with Crippen molar-refractivity contribution in [3.63, 3.8) is 0 Å². The highest BCUT2D eigenvalue weighted by molar-refractivity contribution is 5.73. The lowest BCUT2D eigenvalue weighted by atomic mass is 9.94. The summed E-state index contributed by atoms with van der Waals surface area (Å²) in [5.41, 5.74) is 0.